The summed E-state index contributed by atoms with van der Waals surface area (Å²) in [5, 5.41) is 0. The predicted octanol–water partition coefficient (Wildman–Crippen LogP) is 1.62. The molecule has 1 aliphatic rings. The van der Waals surface area contributed by atoms with Gasteiger partial charge in [0.1, 0.15) is 5.76 Å². The first-order valence-electron chi connectivity index (χ1n) is 5.28. The van der Waals surface area contributed by atoms with E-state index >= 15 is 0 Å². The molecular formula is C11H18N2O. The molecule has 0 amide bonds. The summed E-state index contributed by atoms with van der Waals surface area (Å²) in [6.07, 6.45) is 2.96. The normalized spacial score (nSPS) is 25.4. The molecule has 78 valence electrons. The highest BCUT2D eigenvalue weighted by Crippen LogP contribution is 2.26. The Morgan fingerprint density at radius 2 is 2.57 bits per heavy atom. The van der Waals surface area contributed by atoms with Crippen molar-refractivity contribution in [3.8, 4) is 0 Å². The van der Waals surface area contributed by atoms with Crippen molar-refractivity contribution in [1.82, 2.24) is 4.90 Å². The summed E-state index contributed by atoms with van der Waals surface area (Å²) >= 11 is 0. The van der Waals surface area contributed by atoms with Gasteiger partial charge in [-0.15, -0.1) is 0 Å². The van der Waals surface area contributed by atoms with Gasteiger partial charge in [-0.1, -0.05) is 0 Å². The van der Waals surface area contributed by atoms with E-state index in [0.717, 1.165) is 25.4 Å². The molecule has 0 aliphatic carbocycles. The minimum atomic E-state index is 0.390. The van der Waals surface area contributed by atoms with Crippen molar-refractivity contribution in [3.63, 3.8) is 0 Å². The third kappa shape index (κ3) is 1.83. The Labute approximate surface area is 84.9 Å². The van der Waals surface area contributed by atoms with E-state index in [1.165, 1.54) is 6.42 Å². The molecule has 0 spiro atoms. The minimum absolute atomic E-state index is 0.390. The Morgan fingerprint density at radius 1 is 1.71 bits per heavy atom. The largest absolute Gasteiger partial charge is 0.468 e. The van der Waals surface area contributed by atoms with Gasteiger partial charge < -0.3 is 10.2 Å². The molecule has 3 heteroatoms. The van der Waals surface area contributed by atoms with Crippen LogP contribution in [-0.4, -0.2) is 24.5 Å². The smallest absolute Gasteiger partial charge is 0.120 e. The van der Waals surface area contributed by atoms with Gasteiger partial charge in [-0.05, 0) is 44.5 Å². The lowest BCUT2D eigenvalue weighted by Crippen LogP contribution is -2.25. The van der Waals surface area contributed by atoms with Crippen molar-refractivity contribution in [1.29, 1.82) is 0 Å². The van der Waals surface area contributed by atoms with Crippen LogP contribution in [-0.2, 0) is 0 Å². The van der Waals surface area contributed by atoms with Crippen LogP contribution in [0.5, 0.6) is 0 Å². The summed E-state index contributed by atoms with van der Waals surface area (Å²) < 4.78 is 5.40. The SMILES string of the molecule is C[C@H](c1ccco1)N1CC[C@H](CN)C1. The number of furan rings is 1. The van der Waals surface area contributed by atoms with Gasteiger partial charge in [0.05, 0.1) is 12.3 Å². The molecule has 0 aromatic carbocycles. The fraction of sp³-hybridized carbons (Fsp3) is 0.636. The second-order valence-corrected chi connectivity index (χ2v) is 4.08. The van der Waals surface area contributed by atoms with Gasteiger partial charge >= 0.3 is 0 Å². The number of likely N-dealkylation sites (tertiary alicyclic amines) is 1. The number of hydrogen-bond donors (Lipinski definition) is 1. The highest BCUT2D eigenvalue weighted by Gasteiger charge is 2.26. The van der Waals surface area contributed by atoms with Gasteiger partial charge in [-0.3, -0.25) is 4.90 Å². The fourth-order valence-corrected chi connectivity index (χ4v) is 2.12. The molecule has 3 nitrogen and oxygen atoms in total. The summed E-state index contributed by atoms with van der Waals surface area (Å²) in [5.41, 5.74) is 5.66. The first kappa shape index (κ1) is 9.74. The molecule has 0 radical (unpaired) electrons. The third-order valence-corrected chi connectivity index (χ3v) is 3.15. The summed E-state index contributed by atoms with van der Waals surface area (Å²) in [5.74, 6) is 1.73. The number of hydrogen-bond acceptors (Lipinski definition) is 3. The number of rotatable bonds is 3. The Bertz CT molecular complexity index is 271. The Hall–Kier alpha value is -0.800. The lowest BCUT2D eigenvalue weighted by Gasteiger charge is -2.22. The van der Waals surface area contributed by atoms with Crippen LogP contribution in [0.4, 0.5) is 0 Å². The zero-order valence-electron chi connectivity index (χ0n) is 8.65. The average molecular weight is 194 g/mol. The molecule has 1 aromatic heterocycles. The molecule has 1 saturated heterocycles. The van der Waals surface area contributed by atoms with E-state index < -0.39 is 0 Å². The van der Waals surface area contributed by atoms with E-state index in [0.29, 0.717) is 12.0 Å². The van der Waals surface area contributed by atoms with Crippen LogP contribution >= 0.6 is 0 Å². The van der Waals surface area contributed by atoms with E-state index in [1.807, 2.05) is 12.1 Å². The Balaban J connectivity index is 1.97. The summed E-state index contributed by atoms with van der Waals surface area (Å²) in [6.45, 7) is 5.25. The van der Waals surface area contributed by atoms with Gasteiger partial charge in [-0.25, -0.2) is 0 Å². The first-order chi connectivity index (χ1) is 6.81. The number of nitrogens with two attached hydrogens (primary N) is 1. The maximum Gasteiger partial charge on any atom is 0.120 e. The van der Waals surface area contributed by atoms with Gasteiger partial charge in [0.25, 0.3) is 0 Å². The molecule has 2 atom stereocenters. The first-order valence-corrected chi connectivity index (χ1v) is 5.28. The highest BCUT2D eigenvalue weighted by atomic mass is 16.3. The average Bonchev–Trinajstić information content (AvgIpc) is 2.88. The van der Waals surface area contributed by atoms with Gasteiger partial charge in [0, 0.05) is 6.54 Å². The molecule has 0 saturated carbocycles. The maximum atomic E-state index is 5.66. The van der Waals surface area contributed by atoms with E-state index in [4.69, 9.17) is 10.2 Å². The Morgan fingerprint density at radius 3 is 3.14 bits per heavy atom. The molecule has 2 heterocycles. The summed E-state index contributed by atoms with van der Waals surface area (Å²) in [4.78, 5) is 2.44. The Kier molecular flexibility index (Phi) is 2.89. The van der Waals surface area contributed by atoms with Crippen molar-refractivity contribution in [2.75, 3.05) is 19.6 Å². The third-order valence-electron chi connectivity index (χ3n) is 3.15. The van der Waals surface area contributed by atoms with Gasteiger partial charge in [-0.2, -0.15) is 0 Å². The molecule has 0 bridgehead atoms. The molecule has 2 rings (SSSR count). The van der Waals surface area contributed by atoms with Crippen LogP contribution in [0.3, 0.4) is 0 Å². The molecule has 2 N–H and O–H groups in total. The van der Waals surface area contributed by atoms with Crippen molar-refractivity contribution in [2.45, 2.75) is 19.4 Å². The molecule has 14 heavy (non-hydrogen) atoms. The molecule has 1 aliphatic heterocycles. The van der Waals surface area contributed by atoms with Crippen LogP contribution in [0.2, 0.25) is 0 Å². The lowest BCUT2D eigenvalue weighted by atomic mass is 10.1. The van der Waals surface area contributed by atoms with Gasteiger partial charge in [0.2, 0.25) is 0 Å². The predicted molar refractivity (Wildman–Crippen MR) is 55.9 cm³/mol. The van der Waals surface area contributed by atoms with Crippen molar-refractivity contribution >= 4 is 0 Å². The van der Waals surface area contributed by atoms with Crippen molar-refractivity contribution in [2.24, 2.45) is 11.7 Å². The van der Waals surface area contributed by atoms with Crippen molar-refractivity contribution < 1.29 is 4.42 Å². The highest BCUT2D eigenvalue weighted by molar-refractivity contribution is 5.04. The van der Waals surface area contributed by atoms with Crippen LogP contribution < -0.4 is 5.73 Å². The van der Waals surface area contributed by atoms with E-state index in [1.54, 1.807) is 6.26 Å². The molecule has 0 unspecified atom stereocenters. The van der Waals surface area contributed by atoms with Crippen LogP contribution in [0.25, 0.3) is 0 Å². The monoisotopic (exact) mass is 194 g/mol. The molecule has 1 fully saturated rings. The molecule has 1 aromatic rings. The van der Waals surface area contributed by atoms with Gasteiger partial charge in [0.15, 0.2) is 0 Å². The quantitative estimate of drug-likeness (QED) is 0.795. The van der Waals surface area contributed by atoms with E-state index in [9.17, 15) is 0 Å². The van der Waals surface area contributed by atoms with E-state index in [-0.39, 0.29) is 0 Å². The van der Waals surface area contributed by atoms with Crippen LogP contribution in [0, 0.1) is 5.92 Å². The second-order valence-electron chi connectivity index (χ2n) is 4.08. The molecular weight excluding hydrogens is 176 g/mol. The van der Waals surface area contributed by atoms with Crippen molar-refractivity contribution in [3.05, 3.63) is 24.2 Å². The fourth-order valence-electron chi connectivity index (χ4n) is 2.12. The zero-order valence-corrected chi connectivity index (χ0v) is 8.65. The summed E-state index contributed by atoms with van der Waals surface area (Å²) in [6, 6.07) is 4.38. The maximum absolute atomic E-state index is 5.66. The second kappa shape index (κ2) is 4.15. The lowest BCUT2D eigenvalue weighted by molar-refractivity contribution is 0.224. The summed E-state index contributed by atoms with van der Waals surface area (Å²) in [7, 11) is 0. The zero-order chi connectivity index (χ0) is 9.97. The van der Waals surface area contributed by atoms with Crippen LogP contribution in [0.15, 0.2) is 22.8 Å². The van der Waals surface area contributed by atoms with Crippen LogP contribution in [0.1, 0.15) is 25.1 Å². The minimum Gasteiger partial charge on any atom is -0.468 e. The topological polar surface area (TPSA) is 42.4 Å². The van der Waals surface area contributed by atoms with E-state index in [2.05, 4.69) is 11.8 Å². The standard InChI is InChI=1S/C11H18N2O/c1-9(11-3-2-6-14-11)13-5-4-10(7-12)8-13/h2-3,6,9-10H,4-5,7-8,12H2,1H3/t9-,10-/m1/s1. The number of nitrogens with zero attached hydrogens (tertiary/aromatic N) is 1.